The maximum absolute atomic E-state index is 12.7. The smallest absolute Gasteiger partial charge is 0.266 e. The summed E-state index contributed by atoms with van der Waals surface area (Å²) in [6, 6.07) is 10.2. The predicted molar refractivity (Wildman–Crippen MR) is 102 cm³/mol. The molecule has 142 valence electrons. The van der Waals surface area contributed by atoms with E-state index in [0.717, 1.165) is 24.9 Å². The Balaban J connectivity index is 1.68. The number of hydrogen-bond donors (Lipinski definition) is 0. The number of carbonyl (C=O) groups is 2. The van der Waals surface area contributed by atoms with Gasteiger partial charge in [0.2, 0.25) is 5.91 Å². The molecule has 0 spiro atoms. The molecule has 0 radical (unpaired) electrons. The van der Waals surface area contributed by atoms with Gasteiger partial charge in [-0.3, -0.25) is 14.4 Å². The minimum atomic E-state index is -0.173. The van der Waals surface area contributed by atoms with E-state index in [1.807, 2.05) is 4.90 Å². The van der Waals surface area contributed by atoms with E-state index < -0.39 is 0 Å². The zero-order valence-corrected chi connectivity index (χ0v) is 15.7. The summed E-state index contributed by atoms with van der Waals surface area (Å²) < 4.78 is 1.28. The summed E-state index contributed by atoms with van der Waals surface area (Å²) in [6.45, 7) is 4.13. The first kappa shape index (κ1) is 18.8. The minimum absolute atomic E-state index is 0.00840. The molecule has 7 nitrogen and oxygen atoms in total. The molecular formula is C20H24N4O3. The van der Waals surface area contributed by atoms with Crippen LogP contribution in [0, 0.1) is 0 Å². The van der Waals surface area contributed by atoms with Crippen LogP contribution in [-0.2, 0) is 11.8 Å². The Morgan fingerprint density at radius 1 is 1.07 bits per heavy atom. The highest BCUT2D eigenvalue weighted by atomic mass is 16.2. The molecule has 0 aliphatic carbocycles. The molecule has 7 heteroatoms. The van der Waals surface area contributed by atoms with E-state index in [9.17, 15) is 14.4 Å². The Hall–Kier alpha value is -2.96. The van der Waals surface area contributed by atoms with E-state index in [1.54, 1.807) is 42.3 Å². The second-order valence-corrected chi connectivity index (χ2v) is 6.72. The lowest BCUT2D eigenvalue weighted by molar-refractivity contribution is -0.135. The van der Waals surface area contributed by atoms with Crippen molar-refractivity contribution in [1.82, 2.24) is 19.6 Å². The maximum atomic E-state index is 12.7. The molecule has 0 saturated carbocycles. The van der Waals surface area contributed by atoms with E-state index in [4.69, 9.17) is 0 Å². The number of nitrogens with zero attached hydrogens (tertiary/aromatic N) is 4. The predicted octanol–water partition coefficient (Wildman–Crippen LogP) is 1.53. The molecular weight excluding hydrogens is 344 g/mol. The number of piperazine rings is 1. The van der Waals surface area contributed by atoms with Crippen molar-refractivity contribution in [2.75, 3.05) is 26.2 Å². The Morgan fingerprint density at radius 3 is 2.44 bits per heavy atom. The van der Waals surface area contributed by atoms with Crippen LogP contribution in [0.2, 0.25) is 0 Å². The van der Waals surface area contributed by atoms with Crippen molar-refractivity contribution in [3.63, 3.8) is 0 Å². The van der Waals surface area contributed by atoms with Gasteiger partial charge < -0.3 is 9.80 Å². The number of unbranched alkanes of at least 4 members (excludes halogenated alkanes) is 1. The van der Waals surface area contributed by atoms with Crippen molar-refractivity contribution < 1.29 is 9.59 Å². The van der Waals surface area contributed by atoms with E-state index in [-0.39, 0.29) is 23.9 Å². The lowest BCUT2D eigenvalue weighted by Gasteiger charge is -2.34. The topological polar surface area (TPSA) is 75.5 Å². The van der Waals surface area contributed by atoms with Crippen LogP contribution in [0.1, 0.15) is 30.1 Å². The monoisotopic (exact) mass is 368 g/mol. The van der Waals surface area contributed by atoms with Gasteiger partial charge in [0.15, 0.2) is 0 Å². The fraction of sp³-hybridized carbons (Fsp3) is 0.400. The Morgan fingerprint density at radius 2 is 1.81 bits per heavy atom. The lowest BCUT2D eigenvalue weighted by Crippen LogP contribution is -2.52. The molecule has 2 amide bonds. The van der Waals surface area contributed by atoms with Crippen LogP contribution in [0.5, 0.6) is 0 Å². The molecule has 2 aromatic rings. The summed E-state index contributed by atoms with van der Waals surface area (Å²) in [5, 5.41) is 4.21. The van der Waals surface area contributed by atoms with E-state index in [1.165, 1.54) is 10.7 Å². The first-order chi connectivity index (χ1) is 13.0. The molecule has 2 heterocycles. The van der Waals surface area contributed by atoms with E-state index >= 15 is 0 Å². The van der Waals surface area contributed by atoms with Crippen LogP contribution >= 0.6 is 0 Å². The molecule has 27 heavy (non-hydrogen) atoms. The zero-order valence-electron chi connectivity index (χ0n) is 15.7. The Labute approximate surface area is 158 Å². The van der Waals surface area contributed by atoms with Gasteiger partial charge in [0.25, 0.3) is 11.5 Å². The van der Waals surface area contributed by atoms with Crippen LogP contribution in [0.25, 0.3) is 11.3 Å². The number of amides is 2. The number of aryl methyl sites for hydroxylation is 1. The highest BCUT2D eigenvalue weighted by molar-refractivity contribution is 5.97. The van der Waals surface area contributed by atoms with Crippen LogP contribution < -0.4 is 5.56 Å². The number of hydrogen-bond acceptors (Lipinski definition) is 4. The Kier molecular flexibility index (Phi) is 5.69. The molecule has 3 rings (SSSR count). The second kappa shape index (κ2) is 8.16. The minimum Gasteiger partial charge on any atom is -0.339 e. The Bertz CT molecular complexity index is 889. The molecule has 1 fully saturated rings. The van der Waals surface area contributed by atoms with Gasteiger partial charge in [-0.2, -0.15) is 5.10 Å². The summed E-state index contributed by atoms with van der Waals surface area (Å²) in [6.07, 6.45) is 2.03. The fourth-order valence-corrected chi connectivity index (χ4v) is 3.09. The van der Waals surface area contributed by atoms with Gasteiger partial charge in [0, 0.05) is 43.9 Å². The largest absolute Gasteiger partial charge is 0.339 e. The lowest BCUT2D eigenvalue weighted by atomic mass is 10.1. The molecule has 0 bridgehead atoms. The number of rotatable bonds is 5. The van der Waals surface area contributed by atoms with Gasteiger partial charge in [0.05, 0.1) is 5.69 Å². The van der Waals surface area contributed by atoms with Crippen molar-refractivity contribution >= 4 is 11.8 Å². The van der Waals surface area contributed by atoms with E-state index in [2.05, 4.69) is 12.0 Å². The highest BCUT2D eigenvalue weighted by Gasteiger charge is 2.27. The summed E-state index contributed by atoms with van der Waals surface area (Å²) in [7, 11) is 1.60. The number of carbonyl (C=O) groups excluding carboxylic acids is 2. The van der Waals surface area contributed by atoms with Crippen molar-refractivity contribution in [2.45, 2.75) is 19.8 Å². The van der Waals surface area contributed by atoms with Gasteiger partial charge >= 0.3 is 0 Å². The van der Waals surface area contributed by atoms with Crippen LogP contribution in [0.15, 0.2) is 41.2 Å². The summed E-state index contributed by atoms with van der Waals surface area (Å²) in [5.41, 5.74) is 1.85. The zero-order chi connectivity index (χ0) is 19.4. The summed E-state index contributed by atoms with van der Waals surface area (Å²) >= 11 is 0. The molecule has 1 aliphatic rings. The van der Waals surface area contributed by atoms with Crippen molar-refractivity contribution in [3.05, 3.63) is 52.3 Å². The molecule has 1 aliphatic heterocycles. The van der Waals surface area contributed by atoms with Gasteiger partial charge in [-0.25, -0.2) is 4.68 Å². The quantitative estimate of drug-likeness (QED) is 0.802. The first-order valence-electron chi connectivity index (χ1n) is 9.21. The van der Waals surface area contributed by atoms with Gasteiger partial charge in [-0.15, -0.1) is 0 Å². The molecule has 1 saturated heterocycles. The molecule has 1 aromatic carbocycles. The highest BCUT2D eigenvalue weighted by Crippen LogP contribution is 2.18. The third-order valence-corrected chi connectivity index (χ3v) is 4.78. The van der Waals surface area contributed by atoms with Crippen molar-refractivity contribution in [2.24, 2.45) is 7.05 Å². The molecule has 0 atom stereocenters. The molecule has 1 aromatic heterocycles. The van der Waals surface area contributed by atoms with Crippen molar-refractivity contribution in [3.8, 4) is 11.3 Å². The summed E-state index contributed by atoms with van der Waals surface area (Å²) in [5.74, 6) is -0.132. The average Bonchev–Trinajstić information content (AvgIpc) is 2.68. The third-order valence-electron chi connectivity index (χ3n) is 4.78. The van der Waals surface area contributed by atoms with Crippen molar-refractivity contribution in [1.29, 1.82) is 0 Å². The first-order valence-corrected chi connectivity index (χ1v) is 9.21. The third kappa shape index (κ3) is 4.24. The maximum Gasteiger partial charge on any atom is 0.266 e. The van der Waals surface area contributed by atoms with Crippen LogP contribution in [0.3, 0.4) is 0 Å². The van der Waals surface area contributed by atoms with Gasteiger partial charge in [-0.05, 0) is 24.6 Å². The molecule has 0 unspecified atom stereocenters. The average molecular weight is 368 g/mol. The normalized spacial score (nSPS) is 14.5. The van der Waals surface area contributed by atoms with Gasteiger partial charge in [-0.1, -0.05) is 25.5 Å². The SMILES string of the molecule is CCCCN1CCN(C(=O)c2ccc(-c3ccc(=O)n(C)n3)cc2)CC1=O. The fourth-order valence-electron chi connectivity index (χ4n) is 3.09. The summed E-state index contributed by atoms with van der Waals surface area (Å²) in [4.78, 5) is 39.8. The van der Waals surface area contributed by atoms with Crippen LogP contribution in [-0.4, -0.2) is 57.6 Å². The van der Waals surface area contributed by atoms with Gasteiger partial charge in [0.1, 0.15) is 6.54 Å². The van der Waals surface area contributed by atoms with Crippen LogP contribution in [0.4, 0.5) is 0 Å². The standard InChI is InChI=1S/C20H24N4O3/c1-3-4-11-23-12-13-24(14-19(23)26)20(27)16-7-5-15(6-8-16)17-9-10-18(25)22(2)21-17/h5-10H,3-4,11-14H2,1-2H3. The molecule has 0 N–H and O–H groups in total. The van der Waals surface area contributed by atoms with E-state index in [0.29, 0.717) is 24.3 Å². The number of aromatic nitrogens is 2. The number of benzene rings is 1. The second-order valence-electron chi connectivity index (χ2n) is 6.72.